The summed E-state index contributed by atoms with van der Waals surface area (Å²) in [6.45, 7) is 7.11. The lowest BCUT2D eigenvalue weighted by Gasteiger charge is -2.38. The molecule has 2 aromatic heterocycles. The first kappa shape index (κ1) is 24.1. The summed E-state index contributed by atoms with van der Waals surface area (Å²) in [5.74, 6) is 1.15. The average Bonchev–Trinajstić information content (AvgIpc) is 3.42. The minimum absolute atomic E-state index is 0.185. The Hall–Kier alpha value is -1.59. The number of aliphatic hydroxyl groups excluding tert-OH is 1. The van der Waals surface area contributed by atoms with Crippen molar-refractivity contribution in [1.82, 2.24) is 20.2 Å². The number of aliphatic hydroxyl groups is 1. The first-order valence-corrected chi connectivity index (χ1v) is 13.7. The van der Waals surface area contributed by atoms with E-state index >= 15 is 0 Å². The predicted octanol–water partition coefficient (Wildman–Crippen LogP) is 3.04. The zero-order valence-corrected chi connectivity index (χ0v) is 21.9. The van der Waals surface area contributed by atoms with Gasteiger partial charge in [-0.3, -0.25) is 4.79 Å². The first-order valence-electron chi connectivity index (χ1n) is 12.1. The summed E-state index contributed by atoms with van der Waals surface area (Å²) in [5.41, 5.74) is 1.83. The number of thiophene rings is 1. The van der Waals surface area contributed by atoms with Gasteiger partial charge in [-0.15, -0.1) is 11.3 Å². The van der Waals surface area contributed by atoms with Crippen LogP contribution in [0, 0.1) is 0 Å². The van der Waals surface area contributed by atoms with Crippen molar-refractivity contribution in [3.63, 3.8) is 0 Å². The van der Waals surface area contributed by atoms with Gasteiger partial charge in [0.05, 0.1) is 21.5 Å². The van der Waals surface area contributed by atoms with E-state index in [9.17, 15) is 9.90 Å². The minimum Gasteiger partial charge on any atom is -0.387 e. The molecule has 4 heterocycles. The third-order valence-electron chi connectivity index (χ3n) is 7.24. The Labute approximate surface area is 212 Å². The van der Waals surface area contributed by atoms with Crippen LogP contribution < -0.4 is 10.2 Å². The molecule has 3 atom stereocenters. The molecule has 0 saturated carbocycles. The molecule has 34 heavy (non-hydrogen) atoms. The monoisotopic (exact) mass is 549 g/mol. The predicted molar refractivity (Wildman–Crippen MR) is 135 cm³/mol. The number of ether oxygens (including phenoxy) is 1. The van der Waals surface area contributed by atoms with Gasteiger partial charge in [-0.05, 0) is 53.2 Å². The molecule has 0 radical (unpaired) electrons. The fraction of sp³-hybridized carbons (Fsp3) is 0.625. The molecule has 10 heteroatoms. The highest BCUT2D eigenvalue weighted by Crippen LogP contribution is 2.42. The fourth-order valence-corrected chi connectivity index (χ4v) is 6.84. The number of nitrogens with one attached hydrogen (secondary N) is 1. The van der Waals surface area contributed by atoms with Crippen molar-refractivity contribution in [3.8, 4) is 0 Å². The van der Waals surface area contributed by atoms with Crippen LogP contribution in [0.5, 0.6) is 0 Å². The minimum atomic E-state index is -0.510. The number of hydrogen-bond donors (Lipinski definition) is 2. The van der Waals surface area contributed by atoms with Crippen LogP contribution in [0.15, 0.2) is 22.2 Å². The van der Waals surface area contributed by atoms with E-state index in [0.717, 1.165) is 64.9 Å². The van der Waals surface area contributed by atoms with Crippen molar-refractivity contribution in [3.05, 3.63) is 38.4 Å². The molecule has 3 aliphatic rings. The molecule has 0 bridgehead atoms. The van der Waals surface area contributed by atoms with Crippen LogP contribution in [0.25, 0.3) is 0 Å². The second-order valence-electron chi connectivity index (χ2n) is 9.45. The third kappa shape index (κ3) is 5.02. The molecule has 1 aliphatic carbocycles. The second-order valence-corrected chi connectivity index (χ2v) is 11.9. The van der Waals surface area contributed by atoms with Gasteiger partial charge in [0.15, 0.2) is 0 Å². The number of rotatable bonds is 6. The van der Waals surface area contributed by atoms with Crippen molar-refractivity contribution in [1.29, 1.82) is 0 Å². The number of fused-ring (bicyclic) bond motifs is 1. The Kier molecular flexibility index (Phi) is 7.50. The summed E-state index contributed by atoms with van der Waals surface area (Å²) >= 11 is 5.20. The van der Waals surface area contributed by atoms with Gasteiger partial charge < -0.3 is 25.0 Å². The highest BCUT2D eigenvalue weighted by atomic mass is 79.9. The molecular weight excluding hydrogens is 518 g/mol. The second kappa shape index (κ2) is 10.6. The van der Waals surface area contributed by atoms with Crippen LogP contribution in [-0.4, -0.2) is 77.9 Å². The average molecular weight is 551 g/mol. The lowest BCUT2D eigenvalue weighted by atomic mass is 10.0. The summed E-state index contributed by atoms with van der Waals surface area (Å²) < 4.78 is 6.52. The molecular formula is C24H32BrN5O3S. The normalized spacial score (nSPS) is 24.3. The number of nitrogens with zero attached hydrogens (tertiary/aromatic N) is 4. The van der Waals surface area contributed by atoms with Gasteiger partial charge in [0.1, 0.15) is 12.1 Å². The van der Waals surface area contributed by atoms with Crippen LogP contribution in [0.2, 0.25) is 0 Å². The fourth-order valence-electron chi connectivity index (χ4n) is 5.32. The molecule has 8 nitrogen and oxygen atoms in total. The van der Waals surface area contributed by atoms with E-state index in [2.05, 4.69) is 49.1 Å². The van der Waals surface area contributed by atoms with Crippen LogP contribution in [-0.2, 0) is 9.53 Å². The molecule has 184 valence electrons. The van der Waals surface area contributed by atoms with Gasteiger partial charge in [0.25, 0.3) is 0 Å². The summed E-state index contributed by atoms with van der Waals surface area (Å²) in [6.07, 6.45) is 3.72. The largest absolute Gasteiger partial charge is 0.387 e. The number of carbonyl (C=O) groups is 1. The maximum absolute atomic E-state index is 13.7. The lowest BCUT2D eigenvalue weighted by molar-refractivity contribution is -0.133. The van der Waals surface area contributed by atoms with Crippen molar-refractivity contribution >= 4 is 39.0 Å². The standard InChI is InChI=1S/C24H32BrN5O3S/c1-15-12-18(31)22-21(15)23(28-14-27-22)29-6-8-30(9-7-29)24(32)17(19-2-3-20(25)34-19)13-26-16-4-10-33-11-5-16/h2-3,14-18,26,31H,4-13H2,1H3/t15-,17-,18+/m1/s1. The Morgan fingerprint density at radius 3 is 2.74 bits per heavy atom. The molecule has 1 amide bonds. The molecule has 2 aliphatic heterocycles. The van der Waals surface area contributed by atoms with Crippen molar-refractivity contribution < 1.29 is 14.6 Å². The quantitative estimate of drug-likeness (QED) is 0.572. The molecule has 2 fully saturated rings. The van der Waals surface area contributed by atoms with Gasteiger partial charge in [0.2, 0.25) is 5.91 Å². The van der Waals surface area contributed by atoms with Crippen LogP contribution in [0.4, 0.5) is 5.82 Å². The molecule has 0 unspecified atom stereocenters. The van der Waals surface area contributed by atoms with Crippen molar-refractivity contribution in [2.45, 2.75) is 50.2 Å². The number of aromatic nitrogens is 2. The van der Waals surface area contributed by atoms with Gasteiger partial charge in [-0.1, -0.05) is 6.92 Å². The smallest absolute Gasteiger partial charge is 0.232 e. The highest BCUT2D eigenvalue weighted by molar-refractivity contribution is 9.11. The van der Waals surface area contributed by atoms with Gasteiger partial charge in [-0.25, -0.2) is 9.97 Å². The third-order valence-corrected chi connectivity index (χ3v) is 8.97. The van der Waals surface area contributed by atoms with E-state index in [0.29, 0.717) is 32.1 Å². The first-order chi connectivity index (χ1) is 16.5. The van der Waals surface area contributed by atoms with E-state index in [1.165, 1.54) is 0 Å². The number of anilines is 1. The molecule has 2 N–H and O–H groups in total. The number of carbonyl (C=O) groups excluding carboxylic acids is 1. The zero-order valence-electron chi connectivity index (χ0n) is 19.5. The molecule has 2 saturated heterocycles. The number of halogens is 1. The van der Waals surface area contributed by atoms with E-state index < -0.39 is 6.10 Å². The van der Waals surface area contributed by atoms with Gasteiger partial charge in [-0.2, -0.15) is 0 Å². The molecule has 0 aromatic carbocycles. The maximum atomic E-state index is 13.7. The zero-order chi connectivity index (χ0) is 23.7. The summed E-state index contributed by atoms with van der Waals surface area (Å²) in [6, 6.07) is 4.50. The Morgan fingerprint density at radius 1 is 1.26 bits per heavy atom. The Bertz CT molecular complexity index is 1010. The summed E-state index contributed by atoms with van der Waals surface area (Å²) in [4.78, 5) is 27.9. The van der Waals surface area contributed by atoms with Gasteiger partial charge >= 0.3 is 0 Å². The van der Waals surface area contributed by atoms with E-state index in [-0.39, 0.29) is 17.7 Å². The van der Waals surface area contributed by atoms with Crippen molar-refractivity contribution in [2.24, 2.45) is 0 Å². The lowest BCUT2D eigenvalue weighted by Crippen LogP contribution is -2.51. The molecule has 2 aromatic rings. The Morgan fingerprint density at radius 2 is 2.03 bits per heavy atom. The van der Waals surface area contributed by atoms with Crippen LogP contribution >= 0.6 is 27.3 Å². The van der Waals surface area contributed by atoms with E-state index in [4.69, 9.17) is 4.74 Å². The number of piperazine rings is 1. The Balaban J connectivity index is 1.26. The summed E-state index contributed by atoms with van der Waals surface area (Å²) in [7, 11) is 0. The SMILES string of the molecule is C[C@@H]1C[C@H](O)c2ncnc(N3CCN(C(=O)[C@H](CNC4CCOCC4)c4ccc(Br)s4)CC3)c21. The van der Waals surface area contributed by atoms with Gasteiger partial charge in [0, 0.05) is 62.4 Å². The molecule has 5 rings (SSSR count). The van der Waals surface area contributed by atoms with Crippen LogP contribution in [0.1, 0.15) is 60.3 Å². The maximum Gasteiger partial charge on any atom is 0.232 e. The topological polar surface area (TPSA) is 90.8 Å². The highest BCUT2D eigenvalue weighted by Gasteiger charge is 2.35. The van der Waals surface area contributed by atoms with E-state index in [1.54, 1.807) is 17.7 Å². The van der Waals surface area contributed by atoms with Crippen LogP contribution in [0.3, 0.4) is 0 Å². The number of hydrogen-bond acceptors (Lipinski definition) is 8. The summed E-state index contributed by atoms with van der Waals surface area (Å²) in [5, 5.41) is 14.0. The molecule has 0 spiro atoms. The van der Waals surface area contributed by atoms with Crippen molar-refractivity contribution in [2.75, 3.05) is 50.8 Å². The number of amides is 1. The van der Waals surface area contributed by atoms with E-state index in [1.807, 2.05) is 11.0 Å².